The molecule has 0 saturated carbocycles. The van der Waals surface area contributed by atoms with Gasteiger partial charge in [0, 0.05) is 31.6 Å². The van der Waals surface area contributed by atoms with E-state index in [9.17, 15) is 4.79 Å². The second-order valence-electron chi connectivity index (χ2n) is 6.26. The number of carbonyl (C=O) groups excluding carboxylic acids is 1. The van der Waals surface area contributed by atoms with Crippen LogP contribution < -0.4 is 5.32 Å². The topological polar surface area (TPSA) is 32.3 Å². The Labute approximate surface area is 121 Å². The zero-order valence-corrected chi connectivity index (χ0v) is 12.3. The number of hydrogen-bond donors (Lipinski definition) is 1. The van der Waals surface area contributed by atoms with Gasteiger partial charge in [-0.05, 0) is 38.2 Å². The smallest absolute Gasteiger partial charge is 0.222 e. The average Bonchev–Trinajstić information content (AvgIpc) is 2.76. The molecule has 2 fully saturated rings. The maximum absolute atomic E-state index is 12.4. The van der Waals surface area contributed by atoms with Gasteiger partial charge >= 0.3 is 0 Å². The summed E-state index contributed by atoms with van der Waals surface area (Å²) in [5.74, 6) is 0.320. The molecule has 0 spiro atoms. The minimum atomic E-state index is 0.320. The number of carbonyl (C=O) groups is 1. The third-order valence-corrected chi connectivity index (χ3v) is 4.59. The molecule has 1 aromatic rings. The van der Waals surface area contributed by atoms with Gasteiger partial charge in [-0.1, -0.05) is 29.8 Å². The lowest BCUT2D eigenvalue weighted by molar-refractivity contribution is -0.131. The molecule has 2 saturated heterocycles. The lowest BCUT2D eigenvalue weighted by Crippen LogP contribution is -2.39. The molecule has 1 aromatic carbocycles. The SMILES string of the molecule is Cc1cccc(CCC(=O)N2CCC3CCC(C2)N3)c1. The monoisotopic (exact) mass is 272 g/mol. The van der Waals surface area contributed by atoms with Crippen LogP contribution in [-0.2, 0) is 11.2 Å². The quantitative estimate of drug-likeness (QED) is 0.915. The summed E-state index contributed by atoms with van der Waals surface area (Å²) < 4.78 is 0. The van der Waals surface area contributed by atoms with Crippen molar-refractivity contribution in [2.45, 2.75) is 51.1 Å². The third kappa shape index (κ3) is 3.21. The van der Waals surface area contributed by atoms with E-state index in [-0.39, 0.29) is 0 Å². The maximum Gasteiger partial charge on any atom is 0.222 e. The number of fused-ring (bicyclic) bond motifs is 2. The largest absolute Gasteiger partial charge is 0.341 e. The Morgan fingerprint density at radius 1 is 1.30 bits per heavy atom. The Morgan fingerprint density at radius 2 is 2.15 bits per heavy atom. The number of benzene rings is 1. The van der Waals surface area contributed by atoms with Gasteiger partial charge in [-0.2, -0.15) is 0 Å². The number of hydrogen-bond acceptors (Lipinski definition) is 2. The lowest BCUT2D eigenvalue weighted by atomic mass is 10.1. The maximum atomic E-state index is 12.4. The van der Waals surface area contributed by atoms with Gasteiger partial charge in [0.15, 0.2) is 0 Å². The zero-order valence-electron chi connectivity index (χ0n) is 12.3. The molecule has 2 aliphatic rings. The number of nitrogens with zero attached hydrogens (tertiary/aromatic N) is 1. The highest BCUT2D eigenvalue weighted by molar-refractivity contribution is 5.76. The van der Waals surface area contributed by atoms with Crippen LogP contribution in [0.2, 0.25) is 0 Å². The van der Waals surface area contributed by atoms with Gasteiger partial charge in [-0.15, -0.1) is 0 Å². The zero-order chi connectivity index (χ0) is 13.9. The van der Waals surface area contributed by atoms with E-state index in [0.29, 0.717) is 24.4 Å². The predicted octanol–water partition coefficient (Wildman–Crippen LogP) is 2.28. The van der Waals surface area contributed by atoms with E-state index in [4.69, 9.17) is 0 Å². The van der Waals surface area contributed by atoms with Crippen LogP contribution in [0.3, 0.4) is 0 Å². The number of rotatable bonds is 3. The van der Waals surface area contributed by atoms with Gasteiger partial charge in [0.05, 0.1) is 0 Å². The molecule has 2 aliphatic heterocycles. The Bertz CT molecular complexity index is 486. The summed E-state index contributed by atoms with van der Waals surface area (Å²) in [6, 6.07) is 9.65. The number of nitrogens with one attached hydrogen (secondary N) is 1. The summed E-state index contributed by atoms with van der Waals surface area (Å²) in [4.78, 5) is 14.5. The second kappa shape index (κ2) is 5.96. The first-order valence-electron chi connectivity index (χ1n) is 7.80. The molecule has 108 valence electrons. The summed E-state index contributed by atoms with van der Waals surface area (Å²) in [5, 5.41) is 3.63. The average molecular weight is 272 g/mol. The summed E-state index contributed by atoms with van der Waals surface area (Å²) >= 11 is 0. The second-order valence-corrected chi connectivity index (χ2v) is 6.26. The van der Waals surface area contributed by atoms with Gasteiger partial charge in [0.2, 0.25) is 5.91 Å². The number of aryl methyl sites for hydroxylation is 2. The van der Waals surface area contributed by atoms with E-state index in [1.54, 1.807) is 0 Å². The van der Waals surface area contributed by atoms with Crippen molar-refractivity contribution in [1.29, 1.82) is 0 Å². The molecular formula is C17H24N2O. The molecule has 2 heterocycles. The fourth-order valence-corrected chi connectivity index (χ4v) is 3.45. The van der Waals surface area contributed by atoms with E-state index >= 15 is 0 Å². The Balaban J connectivity index is 1.54. The summed E-state index contributed by atoms with van der Waals surface area (Å²) in [5.41, 5.74) is 2.54. The van der Waals surface area contributed by atoms with Crippen LogP contribution in [0, 0.1) is 6.92 Å². The first kappa shape index (κ1) is 13.6. The summed E-state index contributed by atoms with van der Waals surface area (Å²) in [7, 11) is 0. The van der Waals surface area contributed by atoms with E-state index in [1.165, 1.54) is 24.0 Å². The fourth-order valence-electron chi connectivity index (χ4n) is 3.45. The Kier molecular flexibility index (Phi) is 4.06. The molecule has 1 N–H and O–H groups in total. The first-order valence-corrected chi connectivity index (χ1v) is 7.80. The number of amides is 1. The van der Waals surface area contributed by atoms with Crippen molar-refractivity contribution < 1.29 is 4.79 Å². The van der Waals surface area contributed by atoms with Crippen molar-refractivity contribution in [3.63, 3.8) is 0 Å². The molecule has 2 atom stereocenters. The van der Waals surface area contributed by atoms with Crippen molar-refractivity contribution in [2.24, 2.45) is 0 Å². The third-order valence-electron chi connectivity index (χ3n) is 4.59. The van der Waals surface area contributed by atoms with Crippen molar-refractivity contribution >= 4 is 5.91 Å². The lowest BCUT2D eigenvalue weighted by Gasteiger charge is -2.24. The normalized spacial score (nSPS) is 25.6. The highest BCUT2D eigenvalue weighted by atomic mass is 16.2. The summed E-state index contributed by atoms with van der Waals surface area (Å²) in [6.07, 6.45) is 5.13. The molecule has 2 bridgehead atoms. The minimum Gasteiger partial charge on any atom is -0.341 e. The molecule has 3 nitrogen and oxygen atoms in total. The molecule has 20 heavy (non-hydrogen) atoms. The molecule has 1 amide bonds. The highest BCUT2D eigenvalue weighted by Crippen LogP contribution is 2.21. The van der Waals surface area contributed by atoms with E-state index < -0.39 is 0 Å². The van der Waals surface area contributed by atoms with Crippen LogP contribution in [0.25, 0.3) is 0 Å². The van der Waals surface area contributed by atoms with E-state index in [0.717, 1.165) is 25.9 Å². The van der Waals surface area contributed by atoms with Crippen LogP contribution in [0.4, 0.5) is 0 Å². The first-order chi connectivity index (χ1) is 9.70. The van der Waals surface area contributed by atoms with Crippen LogP contribution >= 0.6 is 0 Å². The van der Waals surface area contributed by atoms with Crippen LogP contribution in [0.15, 0.2) is 24.3 Å². The van der Waals surface area contributed by atoms with Crippen molar-refractivity contribution in [3.8, 4) is 0 Å². The van der Waals surface area contributed by atoms with Gasteiger partial charge in [-0.25, -0.2) is 0 Å². The molecule has 3 rings (SSSR count). The standard InChI is InChI=1S/C17H24N2O/c1-13-3-2-4-14(11-13)5-8-17(20)19-10-9-15-6-7-16(12-19)18-15/h2-4,11,15-16,18H,5-10,12H2,1H3. The molecule has 0 aliphatic carbocycles. The number of likely N-dealkylation sites (tertiary alicyclic amines) is 1. The van der Waals surface area contributed by atoms with E-state index in [2.05, 4.69) is 41.4 Å². The van der Waals surface area contributed by atoms with Crippen molar-refractivity contribution in [3.05, 3.63) is 35.4 Å². The Morgan fingerprint density at radius 3 is 3.00 bits per heavy atom. The van der Waals surface area contributed by atoms with Crippen LogP contribution in [0.1, 0.15) is 36.8 Å². The molecule has 3 heteroatoms. The van der Waals surface area contributed by atoms with Crippen LogP contribution in [0.5, 0.6) is 0 Å². The highest BCUT2D eigenvalue weighted by Gasteiger charge is 2.30. The van der Waals surface area contributed by atoms with Crippen molar-refractivity contribution in [1.82, 2.24) is 10.2 Å². The predicted molar refractivity (Wildman–Crippen MR) is 80.6 cm³/mol. The molecule has 2 unspecified atom stereocenters. The van der Waals surface area contributed by atoms with E-state index in [1.807, 2.05) is 0 Å². The van der Waals surface area contributed by atoms with Gasteiger partial charge in [-0.3, -0.25) is 4.79 Å². The fraction of sp³-hybridized carbons (Fsp3) is 0.588. The van der Waals surface area contributed by atoms with Crippen LogP contribution in [-0.4, -0.2) is 36.0 Å². The molecular weight excluding hydrogens is 248 g/mol. The van der Waals surface area contributed by atoms with Gasteiger partial charge in [0.25, 0.3) is 0 Å². The minimum absolute atomic E-state index is 0.320. The van der Waals surface area contributed by atoms with Gasteiger partial charge in [0.1, 0.15) is 0 Å². The van der Waals surface area contributed by atoms with Crippen molar-refractivity contribution in [2.75, 3.05) is 13.1 Å². The molecule has 0 aromatic heterocycles. The van der Waals surface area contributed by atoms with Gasteiger partial charge < -0.3 is 10.2 Å². The Hall–Kier alpha value is -1.35. The summed E-state index contributed by atoms with van der Waals surface area (Å²) in [6.45, 7) is 3.94. The molecule has 0 radical (unpaired) electrons.